The van der Waals surface area contributed by atoms with Gasteiger partial charge in [-0.2, -0.15) is 0 Å². The van der Waals surface area contributed by atoms with E-state index in [1.165, 1.54) is 0 Å². The first kappa shape index (κ1) is 25.7. The van der Waals surface area contributed by atoms with Crippen LogP contribution in [0, 0.1) is 11.8 Å². The third-order valence-electron chi connectivity index (χ3n) is 7.23. The minimum Gasteiger partial charge on any atom is -0.462 e. The Morgan fingerprint density at radius 2 is 1.89 bits per heavy atom. The molecule has 1 fully saturated rings. The molecule has 0 atom stereocenters. The van der Waals surface area contributed by atoms with E-state index in [1.807, 2.05) is 56.3 Å². The number of para-hydroxylation sites is 1. The Balaban J connectivity index is 1.48. The molecule has 0 N–H and O–H groups in total. The zero-order chi connectivity index (χ0) is 26.8. The van der Waals surface area contributed by atoms with Gasteiger partial charge in [0.05, 0.1) is 18.5 Å². The third-order valence-corrected chi connectivity index (χ3v) is 7.23. The summed E-state index contributed by atoms with van der Waals surface area (Å²) in [5.74, 6) is 1.07. The van der Waals surface area contributed by atoms with E-state index >= 15 is 0 Å². The molecule has 0 spiro atoms. The van der Waals surface area contributed by atoms with Crippen LogP contribution in [0.4, 0.5) is 5.82 Å². The number of hydrogen-bond acceptors (Lipinski definition) is 6. The Hall–Kier alpha value is -3.94. The average molecular weight is 515 g/mol. The van der Waals surface area contributed by atoms with Gasteiger partial charge < -0.3 is 9.15 Å². The number of hydrogen-bond donors (Lipinski definition) is 0. The first-order chi connectivity index (χ1) is 18.4. The van der Waals surface area contributed by atoms with E-state index in [9.17, 15) is 9.59 Å². The largest absolute Gasteiger partial charge is 0.462 e. The fourth-order valence-electron chi connectivity index (χ4n) is 5.11. The highest BCUT2D eigenvalue weighted by Gasteiger charge is 2.34. The van der Waals surface area contributed by atoms with Crippen molar-refractivity contribution in [1.82, 2.24) is 14.8 Å². The second kappa shape index (κ2) is 10.8. The lowest BCUT2D eigenvalue weighted by Crippen LogP contribution is -2.43. The predicted molar refractivity (Wildman–Crippen MR) is 146 cm³/mol. The van der Waals surface area contributed by atoms with E-state index < -0.39 is 5.97 Å². The van der Waals surface area contributed by atoms with Gasteiger partial charge in [-0.3, -0.25) is 14.7 Å². The highest BCUT2D eigenvalue weighted by atomic mass is 16.5. The number of carbonyl (C=O) groups is 2. The molecule has 1 aliphatic rings. The van der Waals surface area contributed by atoms with Crippen molar-refractivity contribution in [2.75, 3.05) is 11.5 Å². The van der Waals surface area contributed by atoms with Gasteiger partial charge in [0.1, 0.15) is 16.8 Å². The van der Waals surface area contributed by atoms with E-state index in [0.717, 1.165) is 36.7 Å². The first-order valence-electron chi connectivity index (χ1n) is 13.4. The lowest BCUT2D eigenvalue weighted by Gasteiger charge is -2.32. The van der Waals surface area contributed by atoms with Gasteiger partial charge in [0.2, 0.25) is 5.91 Å². The Kier molecular flexibility index (Phi) is 7.31. The molecule has 1 saturated carbocycles. The molecule has 3 aromatic heterocycles. The molecule has 0 radical (unpaired) electrons. The molecule has 4 aromatic rings. The second-order valence-corrected chi connectivity index (χ2v) is 10.3. The van der Waals surface area contributed by atoms with E-state index in [-0.39, 0.29) is 30.0 Å². The maximum absolute atomic E-state index is 13.7. The van der Waals surface area contributed by atoms with Crippen LogP contribution in [-0.4, -0.2) is 39.3 Å². The molecule has 1 amide bonds. The number of aromatic nitrogens is 3. The Labute approximate surface area is 222 Å². The van der Waals surface area contributed by atoms with Crippen molar-refractivity contribution in [1.29, 1.82) is 0 Å². The molecule has 5 rings (SSSR count). The number of ether oxygens (including phenoxy) is 1. The van der Waals surface area contributed by atoms with E-state index in [0.29, 0.717) is 28.9 Å². The van der Waals surface area contributed by atoms with Gasteiger partial charge >= 0.3 is 5.97 Å². The number of esters is 1. The number of carbonyl (C=O) groups excluding carboxylic acids is 2. The van der Waals surface area contributed by atoms with E-state index in [1.54, 1.807) is 28.9 Å². The highest BCUT2D eigenvalue weighted by molar-refractivity contribution is 6.02. The van der Waals surface area contributed by atoms with E-state index in [4.69, 9.17) is 14.3 Å². The van der Waals surface area contributed by atoms with Crippen molar-refractivity contribution in [2.45, 2.75) is 59.4 Å². The first-order valence-corrected chi connectivity index (χ1v) is 13.4. The molecule has 198 valence electrons. The molecule has 8 nitrogen and oxygen atoms in total. The Morgan fingerprint density at radius 1 is 1.13 bits per heavy atom. The fraction of sp³-hybridized carbons (Fsp3) is 0.400. The molecular formula is C30H34N4O4. The summed E-state index contributed by atoms with van der Waals surface area (Å²) in [5, 5.41) is 5.74. The molecule has 0 saturated heterocycles. The Morgan fingerprint density at radius 3 is 2.55 bits per heavy atom. The Bertz CT molecular complexity index is 1400. The number of rotatable bonds is 7. The summed E-state index contributed by atoms with van der Waals surface area (Å²) in [4.78, 5) is 32.9. The van der Waals surface area contributed by atoms with Crippen molar-refractivity contribution < 1.29 is 18.7 Å². The summed E-state index contributed by atoms with van der Waals surface area (Å²) in [6.07, 6.45) is 7.07. The summed E-state index contributed by atoms with van der Waals surface area (Å²) in [6.45, 7) is 8.11. The summed E-state index contributed by atoms with van der Waals surface area (Å²) < 4.78 is 12.9. The smallest absolute Gasteiger partial charge is 0.343 e. The van der Waals surface area contributed by atoms with Crippen molar-refractivity contribution in [3.8, 4) is 17.1 Å². The molecule has 38 heavy (non-hydrogen) atoms. The quantitative estimate of drug-likeness (QED) is 0.264. The van der Waals surface area contributed by atoms with Gasteiger partial charge in [0.15, 0.2) is 11.6 Å². The van der Waals surface area contributed by atoms with Crippen LogP contribution in [0.25, 0.3) is 28.1 Å². The number of anilines is 1. The fourth-order valence-corrected chi connectivity index (χ4v) is 5.11. The number of furan rings is 1. The number of amides is 1. The lowest BCUT2D eigenvalue weighted by molar-refractivity contribution is -0.124. The van der Waals surface area contributed by atoms with Crippen LogP contribution >= 0.6 is 0 Å². The van der Waals surface area contributed by atoms with E-state index in [2.05, 4.69) is 11.9 Å². The van der Waals surface area contributed by atoms with Crippen LogP contribution in [-0.2, 0) is 9.53 Å². The zero-order valence-corrected chi connectivity index (χ0v) is 22.4. The van der Waals surface area contributed by atoms with Crippen molar-refractivity contribution in [3.05, 3.63) is 60.4 Å². The monoisotopic (exact) mass is 514 g/mol. The number of fused-ring (bicyclic) bond motifs is 1. The van der Waals surface area contributed by atoms with Gasteiger partial charge in [-0.15, -0.1) is 5.10 Å². The number of benzene rings is 1. The maximum atomic E-state index is 13.7. The topological polar surface area (TPSA) is 90.5 Å². The van der Waals surface area contributed by atoms with Gasteiger partial charge in [-0.05, 0) is 76.6 Å². The average Bonchev–Trinajstić information content (AvgIpc) is 3.54. The number of pyridine rings is 1. The van der Waals surface area contributed by atoms with Crippen molar-refractivity contribution >= 4 is 28.7 Å². The molecule has 1 aliphatic carbocycles. The van der Waals surface area contributed by atoms with Crippen LogP contribution in [0.5, 0.6) is 0 Å². The summed E-state index contributed by atoms with van der Waals surface area (Å²) in [5.41, 5.74) is 2.41. The lowest BCUT2D eigenvalue weighted by atomic mass is 9.82. The minimum atomic E-state index is -0.503. The predicted octanol–water partition coefficient (Wildman–Crippen LogP) is 6.42. The van der Waals surface area contributed by atoms with Gasteiger partial charge in [-0.25, -0.2) is 9.48 Å². The molecule has 0 unspecified atom stereocenters. The van der Waals surface area contributed by atoms with Gasteiger partial charge in [0.25, 0.3) is 0 Å². The maximum Gasteiger partial charge on any atom is 0.343 e. The van der Waals surface area contributed by atoms with Crippen LogP contribution in [0.15, 0.2) is 59.3 Å². The molecular weight excluding hydrogens is 480 g/mol. The van der Waals surface area contributed by atoms with Crippen molar-refractivity contribution in [2.24, 2.45) is 11.8 Å². The SMILES string of the molecule is CCOC(=O)c1cn(-c2ccc(-c3cc4ccccc4o3)nc2)nc1N(C(=O)C1CCC(C)CC1)C(C)C. The van der Waals surface area contributed by atoms with Crippen LogP contribution in [0.2, 0.25) is 0 Å². The number of nitrogens with zero attached hydrogens (tertiary/aromatic N) is 4. The van der Waals surface area contributed by atoms with Crippen LogP contribution in [0.1, 0.15) is 63.7 Å². The van der Waals surface area contributed by atoms with Crippen LogP contribution in [0.3, 0.4) is 0 Å². The van der Waals surface area contributed by atoms with Crippen molar-refractivity contribution in [3.63, 3.8) is 0 Å². The molecule has 8 heteroatoms. The zero-order valence-electron chi connectivity index (χ0n) is 22.4. The van der Waals surface area contributed by atoms with Crippen LogP contribution < -0.4 is 4.90 Å². The summed E-state index contributed by atoms with van der Waals surface area (Å²) >= 11 is 0. The van der Waals surface area contributed by atoms with Gasteiger partial charge in [0, 0.05) is 23.5 Å². The molecule has 3 heterocycles. The standard InChI is InChI=1S/C30H34N4O4/c1-5-37-30(36)24-18-33(32-28(24)34(19(2)3)29(35)21-12-10-20(4)11-13-21)23-14-15-25(31-17-23)27-16-22-8-6-7-9-26(22)38-27/h6-9,14-21H,5,10-13H2,1-4H3. The highest BCUT2D eigenvalue weighted by Crippen LogP contribution is 2.33. The summed E-state index contributed by atoms with van der Waals surface area (Å²) in [6, 6.07) is 13.3. The van der Waals surface area contributed by atoms with Gasteiger partial charge in [-0.1, -0.05) is 25.1 Å². The molecule has 0 aliphatic heterocycles. The third kappa shape index (κ3) is 5.08. The second-order valence-electron chi connectivity index (χ2n) is 10.3. The summed E-state index contributed by atoms with van der Waals surface area (Å²) in [7, 11) is 0. The normalized spacial score (nSPS) is 17.6. The molecule has 1 aromatic carbocycles. The minimum absolute atomic E-state index is 0.0149. The molecule has 0 bridgehead atoms.